The molecule has 1 aliphatic heterocycles. The minimum Gasteiger partial charge on any atom is -0.446 e. The lowest BCUT2D eigenvalue weighted by Gasteiger charge is -2.02. The van der Waals surface area contributed by atoms with E-state index in [1.807, 2.05) is 0 Å². The molecule has 0 aliphatic carbocycles. The summed E-state index contributed by atoms with van der Waals surface area (Å²) in [5.41, 5.74) is 0.325. The van der Waals surface area contributed by atoms with Crippen molar-refractivity contribution in [2.45, 2.75) is 18.9 Å². The first kappa shape index (κ1) is 10.9. The number of amides is 1. The summed E-state index contributed by atoms with van der Waals surface area (Å²) in [6, 6.07) is 0.154. The van der Waals surface area contributed by atoms with Gasteiger partial charge >= 0.3 is 0 Å². The number of oxazole rings is 1. The smallest absolute Gasteiger partial charge is 0.273 e. The van der Waals surface area contributed by atoms with E-state index in [-0.39, 0.29) is 11.9 Å². The zero-order valence-corrected chi connectivity index (χ0v) is 9.03. The molecule has 0 bridgehead atoms. The summed E-state index contributed by atoms with van der Waals surface area (Å²) in [6.07, 6.45) is 5.14. The molecule has 1 aromatic heterocycles. The molecule has 0 radical (unpaired) electrons. The normalized spacial score (nSPS) is 19.6. The molecule has 2 heterocycles. The largest absolute Gasteiger partial charge is 0.446 e. The van der Waals surface area contributed by atoms with Gasteiger partial charge in [0, 0.05) is 6.54 Å². The molecule has 0 spiro atoms. The highest BCUT2D eigenvalue weighted by Gasteiger charge is 2.22. The van der Waals surface area contributed by atoms with Crippen LogP contribution >= 0.6 is 0 Å². The monoisotopic (exact) mass is 221 g/mol. The van der Waals surface area contributed by atoms with E-state index in [0.717, 1.165) is 19.4 Å². The second-order valence-electron chi connectivity index (χ2n) is 3.72. The van der Waals surface area contributed by atoms with Crippen LogP contribution in [0.5, 0.6) is 0 Å². The molecule has 1 fully saturated rings. The highest BCUT2D eigenvalue weighted by molar-refractivity contribution is 5.91. The van der Waals surface area contributed by atoms with E-state index in [2.05, 4.69) is 22.2 Å². The maximum atomic E-state index is 11.5. The second kappa shape index (κ2) is 4.94. The van der Waals surface area contributed by atoms with Crippen molar-refractivity contribution >= 4 is 5.91 Å². The van der Waals surface area contributed by atoms with Crippen molar-refractivity contribution in [3.63, 3.8) is 0 Å². The Hall–Kier alpha value is -1.62. The Morgan fingerprint density at radius 3 is 3.38 bits per heavy atom. The Morgan fingerprint density at radius 2 is 2.69 bits per heavy atom. The van der Waals surface area contributed by atoms with Crippen molar-refractivity contribution in [1.82, 2.24) is 15.6 Å². The van der Waals surface area contributed by atoms with E-state index in [4.69, 9.17) is 4.42 Å². The van der Waals surface area contributed by atoms with Gasteiger partial charge < -0.3 is 15.1 Å². The molecule has 1 unspecified atom stereocenters. The number of carbonyl (C=O) groups is 1. The van der Waals surface area contributed by atoms with Gasteiger partial charge in [0.05, 0.1) is 6.04 Å². The Morgan fingerprint density at radius 1 is 1.81 bits per heavy atom. The van der Waals surface area contributed by atoms with Crippen LogP contribution in [-0.2, 0) is 0 Å². The van der Waals surface area contributed by atoms with Crippen LogP contribution in [0, 0.1) is 0 Å². The van der Waals surface area contributed by atoms with Crippen molar-refractivity contribution in [3.8, 4) is 0 Å². The molecule has 16 heavy (non-hydrogen) atoms. The molecule has 0 aromatic carbocycles. The molecular formula is C11H15N3O2. The summed E-state index contributed by atoms with van der Waals surface area (Å²) in [5, 5.41) is 5.92. The zero-order valence-electron chi connectivity index (χ0n) is 9.03. The van der Waals surface area contributed by atoms with Crippen molar-refractivity contribution in [1.29, 1.82) is 0 Å². The van der Waals surface area contributed by atoms with Crippen molar-refractivity contribution in [2.75, 3.05) is 13.1 Å². The predicted octanol–water partition coefficient (Wildman–Crippen LogP) is 1.01. The molecule has 86 valence electrons. The Balaban J connectivity index is 2.00. The van der Waals surface area contributed by atoms with Gasteiger partial charge in [-0.05, 0) is 19.4 Å². The third kappa shape index (κ3) is 2.30. The van der Waals surface area contributed by atoms with E-state index in [0.29, 0.717) is 18.1 Å². The van der Waals surface area contributed by atoms with Gasteiger partial charge in [-0.25, -0.2) is 4.98 Å². The third-order valence-corrected chi connectivity index (χ3v) is 2.52. The molecule has 1 amide bonds. The molecule has 1 aliphatic rings. The predicted molar refractivity (Wildman–Crippen MR) is 59.0 cm³/mol. The molecule has 5 nitrogen and oxygen atoms in total. The van der Waals surface area contributed by atoms with Crippen molar-refractivity contribution < 1.29 is 9.21 Å². The number of aromatic nitrogens is 1. The standard InChI is InChI=1S/C11H15N3O2/c1-2-5-13-10(15)9-7-16-11(14-9)8-4-3-6-12-8/h2,7-8,12H,1,3-6H2,(H,13,15). The minimum absolute atomic E-state index is 0.154. The summed E-state index contributed by atoms with van der Waals surface area (Å²) in [5.74, 6) is 0.370. The van der Waals surface area contributed by atoms with Crippen molar-refractivity contribution in [3.05, 3.63) is 30.5 Å². The number of hydrogen-bond acceptors (Lipinski definition) is 4. The number of hydrogen-bond donors (Lipinski definition) is 2. The van der Waals surface area contributed by atoms with E-state index in [9.17, 15) is 4.79 Å². The number of nitrogens with zero attached hydrogens (tertiary/aromatic N) is 1. The van der Waals surface area contributed by atoms with Gasteiger partial charge in [-0.1, -0.05) is 6.08 Å². The lowest BCUT2D eigenvalue weighted by Crippen LogP contribution is -2.23. The summed E-state index contributed by atoms with van der Waals surface area (Å²) >= 11 is 0. The number of carbonyl (C=O) groups excluding carboxylic acids is 1. The van der Waals surface area contributed by atoms with E-state index in [1.54, 1.807) is 6.08 Å². The number of nitrogens with one attached hydrogen (secondary N) is 2. The van der Waals surface area contributed by atoms with Crippen LogP contribution in [0.15, 0.2) is 23.3 Å². The maximum absolute atomic E-state index is 11.5. The van der Waals surface area contributed by atoms with Gasteiger partial charge in [-0.15, -0.1) is 6.58 Å². The van der Waals surface area contributed by atoms with Gasteiger partial charge in [-0.3, -0.25) is 4.79 Å². The SMILES string of the molecule is C=CCNC(=O)c1coc(C2CCCN2)n1. The van der Waals surface area contributed by atoms with Crippen LogP contribution in [0.25, 0.3) is 0 Å². The Bertz CT molecular complexity index is 380. The molecule has 2 rings (SSSR count). The van der Waals surface area contributed by atoms with Crippen LogP contribution < -0.4 is 10.6 Å². The van der Waals surface area contributed by atoms with Gasteiger partial charge in [0.2, 0.25) is 5.89 Å². The van der Waals surface area contributed by atoms with E-state index >= 15 is 0 Å². The second-order valence-corrected chi connectivity index (χ2v) is 3.72. The molecule has 2 N–H and O–H groups in total. The maximum Gasteiger partial charge on any atom is 0.273 e. The fourth-order valence-corrected chi connectivity index (χ4v) is 1.70. The minimum atomic E-state index is -0.229. The van der Waals surface area contributed by atoms with Crippen molar-refractivity contribution in [2.24, 2.45) is 0 Å². The van der Waals surface area contributed by atoms with E-state index < -0.39 is 0 Å². The number of rotatable bonds is 4. The molecule has 5 heteroatoms. The van der Waals surface area contributed by atoms with Crippen LogP contribution in [0.3, 0.4) is 0 Å². The Kier molecular flexibility index (Phi) is 3.36. The van der Waals surface area contributed by atoms with Crippen LogP contribution in [0.4, 0.5) is 0 Å². The third-order valence-electron chi connectivity index (χ3n) is 2.52. The summed E-state index contributed by atoms with van der Waals surface area (Å²) < 4.78 is 5.29. The fraction of sp³-hybridized carbons (Fsp3) is 0.455. The average Bonchev–Trinajstić information content (AvgIpc) is 2.94. The van der Waals surface area contributed by atoms with Crippen LogP contribution in [0.2, 0.25) is 0 Å². The molecular weight excluding hydrogens is 206 g/mol. The first-order chi connectivity index (χ1) is 7.81. The van der Waals surface area contributed by atoms with Gasteiger partial charge in [0.15, 0.2) is 5.69 Å². The first-order valence-electron chi connectivity index (χ1n) is 5.39. The summed E-state index contributed by atoms with van der Waals surface area (Å²) in [6.45, 7) is 4.94. The highest BCUT2D eigenvalue weighted by Crippen LogP contribution is 2.21. The van der Waals surface area contributed by atoms with Crippen LogP contribution in [-0.4, -0.2) is 24.0 Å². The summed E-state index contributed by atoms with van der Waals surface area (Å²) in [4.78, 5) is 15.7. The topological polar surface area (TPSA) is 67.2 Å². The van der Waals surface area contributed by atoms with Crippen LogP contribution in [0.1, 0.15) is 35.3 Å². The highest BCUT2D eigenvalue weighted by atomic mass is 16.3. The van der Waals surface area contributed by atoms with Gasteiger partial charge in [0.25, 0.3) is 5.91 Å². The molecule has 1 saturated heterocycles. The zero-order chi connectivity index (χ0) is 11.4. The Labute approximate surface area is 93.9 Å². The van der Waals surface area contributed by atoms with Gasteiger partial charge in [-0.2, -0.15) is 0 Å². The lowest BCUT2D eigenvalue weighted by atomic mass is 10.2. The fourth-order valence-electron chi connectivity index (χ4n) is 1.70. The lowest BCUT2D eigenvalue weighted by molar-refractivity contribution is 0.0953. The quantitative estimate of drug-likeness (QED) is 0.745. The average molecular weight is 221 g/mol. The van der Waals surface area contributed by atoms with E-state index in [1.165, 1.54) is 6.26 Å². The molecule has 0 saturated carbocycles. The molecule has 1 aromatic rings. The molecule has 1 atom stereocenters. The summed E-state index contributed by atoms with van der Waals surface area (Å²) in [7, 11) is 0. The van der Waals surface area contributed by atoms with Gasteiger partial charge in [0.1, 0.15) is 6.26 Å². The first-order valence-corrected chi connectivity index (χ1v) is 5.39.